The number of carbonyl (C=O) groups is 1. The van der Waals surface area contributed by atoms with E-state index in [-0.39, 0.29) is 17.7 Å². The van der Waals surface area contributed by atoms with Crippen molar-refractivity contribution in [3.8, 4) is 0 Å². The maximum absolute atomic E-state index is 13.7. The zero-order valence-corrected chi connectivity index (χ0v) is 11.3. The number of rotatable bonds is 3. The molecular weight excluding hydrogens is 266 g/mol. The van der Waals surface area contributed by atoms with E-state index in [1.54, 1.807) is 0 Å². The fraction of sp³-hybridized carbons (Fsp3) is 0.500. The van der Waals surface area contributed by atoms with Crippen molar-refractivity contribution < 1.29 is 18.3 Å². The van der Waals surface area contributed by atoms with Gasteiger partial charge in [0.1, 0.15) is 11.6 Å². The molecule has 110 valence electrons. The van der Waals surface area contributed by atoms with Crippen LogP contribution in [0.25, 0.3) is 0 Å². The van der Waals surface area contributed by atoms with E-state index in [0.29, 0.717) is 26.1 Å². The summed E-state index contributed by atoms with van der Waals surface area (Å²) in [6.45, 7) is 2.74. The van der Waals surface area contributed by atoms with E-state index in [1.807, 2.05) is 0 Å². The van der Waals surface area contributed by atoms with Crippen LogP contribution in [0.3, 0.4) is 0 Å². The molecule has 20 heavy (non-hydrogen) atoms. The van der Waals surface area contributed by atoms with Gasteiger partial charge in [0.15, 0.2) is 0 Å². The van der Waals surface area contributed by atoms with Crippen LogP contribution in [0.15, 0.2) is 12.1 Å². The molecule has 0 atom stereocenters. The Labute approximate surface area is 116 Å². The van der Waals surface area contributed by atoms with Crippen LogP contribution >= 0.6 is 0 Å². The number of nitrogens with one attached hydrogen (secondary N) is 1. The quantitative estimate of drug-likeness (QED) is 0.884. The Balaban J connectivity index is 2.21. The predicted molar refractivity (Wildman–Crippen MR) is 70.4 cm³/mol. The Kier molecular flexibility index (Phi) is 4.35. The SMILES string of the molecule is Cc1cc(C(=O)NC2(CN)CCOCC2)c(F)cc1F. The summed E-state index contributed by atoms with van der Waals surface area (Å²) in [6.07, 6.45) is 1.16. The minimum atomic E-state index is -0.871. The lowest BCUT2D eigenvalue weighted by molar-refractivity contribution is 0.0387. The van der Waals surface area contributed by atoms with Gasteiger partial charge in [-0.15, -0.1) is 0 Å². The Hall–Kier alpha value is -1.53. The maximum Gasteiger partial charge on any atom is 0.254 e. The van der Waals surface area contributed by atoms with Gasteiger partial charge in [0.25, 0.3) is 5.91 Å². The first-order chi connectivity index (χ1) is 9.47. The molecule has 1 amide bonds. The van der Waals surface area contributed by atoms with E-state index in [1.165, 1.54) is 13.0 Å². The summed E-state index contributed by atoms with van der Waals surface area (Å²) in [6, 6.07) is 1.94. The molecule has 1 aliphatic rings. The highest BCUT2D eigenvalue weighted by Crippen LogP contribution is 2.21. The summed E-state index contributed by atoms with van der Waals surface area (Å²) in [5.41, 5.74) is 5.22. The van der Waals surface area contributed by atoms with E-state index < -0.39 is 23.1 Å². The van der Waals surface area contributed by atoms with Gasteiger partial charge in [0.05, 0.1) is 11.1 Å². The Morgan fingerprint density at radius 2 is 2.00 bits per heavy atom. The molecule has 0 aromatic heterocycles. The van der Waals surface area contributed by atoms with Crippen LogP contribution < -0.4 is 11.1 Å². The van der Waals surface area contributed by atoms with Crippen molar-refractivity contribution in [2.45, 2.75) is 25.3 Å². The first-order valence-electron chi connectivity index (χ1n) is 6.53. The average Bonchev–Trinajstić information content (AvgIpc) is 2.43. The Bertz CT molecular complexity index is 514. The summed E-state index contributed by atoms with van der Waals surface area (Å²) in [5.74, 6) is -2.11. The molecule has 1 heterocycles. The molecule has 1 aromatic rings. The van der Waals surface area contributed by atoms with E-state index >= 15 is 0 Å². The minimum absolute atomic E-state index is 0.164. The van der Waals surface area contributed by atoms with Crippen molar-refractivity contribution in [3.63, 3.8) is 0 Å². The van der Waals surface area contributed by atoms with Gasteiger partial charge < -0.3 is 15.8 Å². The van der Waals surface area contributed by atoms with E-state index in [2.05, 4.69) is 5.32 Å². The smallest absolute Gasteiger partial charge is 0.254 e. The van der Waals surface area contributed by atoms with Crippen molar-refractivity contribution in [3.05, 3.63) is 34.9 Å². The number of aryl methyl sites for hydroxylation is 1. The largest absolute Gasteiger partial charge is 0.381 e. The van der Waals surface area contributed by atoms with Crippen molar-refractivity contribution in [1.29, 1.82) is 0 Å². The second kappa shape index (κ2) is 5.85. The number of ether oxygens (including phenoxy) is 1. The molecule has 0 radical (unpaired) electrons. The summed E-state index contributed by atoms with van der Waals surface area (Å²) >= 11 is 0. The van der Waals surface area contributed by atoms with Crippen molar-refractivity contribution >= 4 is 5.91 Å². The summed E-state index contributed by atoms with van der Waals surface area (Å²) in [4.78, 5) is 12.2. The van der Waals surface area contributed by atoms with E-state index in [4.69, 9.17) is 10.5 Å². The molecule has 3 N–H and O–H groups in total. The van der Waals surface area contributed by atoms with Crippen LogP contribution in [0.5, 0.6) is 0 Å². The monoisotopic (exact) mass is 284 g/mol. The standard InChI is InChI=1S/C14H18F2N2O2/c1-9-6-10(12(16)7-11(9)15)13(19)18-14(8-17)2-4-20-5-3-14/h6-7H,2-5,8,17H2,1H3,(H,18,19). The number of hydrogen-bond donors (Lipinski definition) is 2. The van der Waals surface area contributed by atoms with Gasteiger partial charge in [0, 0.05) is 25.8 Å². The molecule has 0 spiro atoms. The molecule has 0 saturated carbocycles. The molecule has 0 aliphatic carbocycles. The van der Waals surface area contributed by atoms with Crippen LogP contribution in [0.4, 0.5) is 8.78 Å². The molecule has 6 heteroatoms. The molecule has 1 aromatic carbocycles. The fourth-order valence-corrected chi connectivity index (χ4v) is 2.28. The van der Waals surface area contributed by atoms with Gasteiger partial charge in [-0.2, -0.15) is 0 Å². The summed E-state index contributed by atoms with van der Waals surface area (Å²) in [7, 11) is 0. The molecule has 0 bridgehead atoms. The van der Waals surface area contributed by atoms with Crippen molar-refractivity contribution in [1.82, 2.24) is 5.32 Å². The highest BCUT2D eigenvalue weighted by molar-refractivity contribution is 5.95. The second-order valence-electron chi connectivity index (χ2n) is 5.13. The number of amides is 1. The molecular formula is C14H18F2N2O2. The minimum Gasteiger partial charge on any atom is -0.381 e. The number of nitrogens with two attached hydrogens (primary N) is 1. The van der Waals surface area contributed by atoms with Gasteiger partial charge in [-0.1, -0.05) is 0 Å². The Morgan fingerprint density at radius 3 is 2.60 bits per heavy atom. The topological polar surface area (TPSA) is 64.4 Å². The average molecular weight is 284 g/mol. The number of halogens is 2. The zero-order valence-electron chi connectivity index (χ0n) is 11.3. The molecule has 0 unspecified atom stereocenters. The van der Waals surface area contributed by atoms with Crippen LogP contribution in [0.2, 0.25) is 0 Å². The lowest BCUT2D eigenvalue weighted by Crippen LogP contribution is -2.56. The predicted octanol–water partition coefficient (Wildman–Crippen LogP) is 1.51. The van der Waals surface area contributed by atoms with E-state index in [0.717, 1.165) is 6.07 Å². The lowest BCUT2D eigenvalue weighted by atomic mass is 9.89. The molecule has 1 saturated heterocycles. The highest BCUT2D eigenvalue weighted by Gasteiger charge is 2.33. The third-order valence-corrected chi connectivity index (χ3v) is 3.71. The van der Waals surface area contributed by atoms with Gasteiger partial charge in [0.2, 0.25) is 0 Å². The van der Waals surface area contributed by atoms with Crippen molar-refractivity contribution in [2.24, 2.45) is 5.73 Å². The van der Waals surface area contributed by atoms with Crippen LogP contribution in [-0.4, -0.2) is 31.2 Å². The van der Waals surface area contributed by atoms with Crippen molar-refractivity contribution in [2.75, 3.05) is 19.8 Å². The first kappa shape index (κ1) is 14.9. The third kappa shape index (κ3) is 2.96. The normalized spacial score (nSPS) is 17.8. The molecule has 1 aliphatic heterocycles. The Morgan fingerprint density at radius 1 is 1.35 bits per heavy atom. The van der Waals surface area contributed by atoms with E-state index in [9.17, 15) is 13.6 Å². The third-order valence-electron chi connectivity index (χ3n) is 3.71. The molecule has 4 nitrogen and oxygen atoms in total. The number of benzene rings is 1. The van der Waals surface area contributed by atoms with Crippen LogP contribution in [0, 0.1) is 18.6 Å². The van der Waals surface area contributed by atoms with Gasteiger partial charge in [-0.3, -0.25) is 4.79 Å². The first-order valence-corrected chi connectivity index (χ1v) is 6.53. The van der Waals surface area contributed by atoms with Gasteiger partial charge in [-0.25, -0.2) is 8.78 Å². The lowest BCUT2D eigenvalue weighted by Gasteiger charge is -2.37. The fourth-order valence-electron chi connectivity index (χ4n) is 2.28. The van der Waals surface area contributed by atoms with Crippen LogP contribution in [-0.2, 0) is 4.74 Å². The number of hydrogen-bond acceptors (Lipinski definition) is 3. The summed E-state index contributed by atoms with van der Waals surface area (Å²) < 4.78 is 32.2. The maximum atomic E-state index is 13.7. The summed E-state index contributed by atoms with van der Waals surface area (Å²) in [5, 5.41) is 2.78. The van der Waals surface area contributed by atoms with Gasteiger partial charge >= 0.3 is 0 Å². The zero-order chi connectivity index (χ0) is 14.8. The second-order valence-corrected chi connectivity index (χ2v) is 5.13. The highest BCUT2D eigenvalue weighted by atomic mass is 19.1. The number of carbonyl (C=O) groups excluding carboxylic acids is 1. The van der Waals surface area contributed by atoms with Gasteiger partial charge in [-0.05, 0) is 31.4 Å². The molecule has 1 fully saturated rings. The molecule has 2 rings (SSSR count). The van der Waals surface area contributed by atoms with Crippen LogP contribution in [0.1, 0.15) is 28.8 Å².